The van der Waals surface area contributed by atoms with Crippen molar-refractivity contribution in [2.24, 2.45) is 7.05 Å². The topological polar surface area (TPSA) is 67.7 Å². The molecule has 2 aromatic rings. The first-order valence-electron chi connectivity index (χ1n) is 5.70. The molecule has 0 radical (unpaired) electrons. The summed E-state index contributed by atoms with van der Waals surface area (Å²) in [6.07, 6.45) is 6.20. The van der Waals surface area contributed by atoms with Gasteiger partial charge in [0.1, 0.15) is 22.4 Å². The number of hydrogen-bond acceptors (Lipinski definition) is 5. The lowest BCUT2D eigenvalue weighted by Crippen LogP contribution is -2.05. The molecular weight excluding hydrogens is 296 g/mol. The molecule has 0 unspecified atom stereocenters. The van der Waals surface area contributed by atoms with Crippen LogP contribution in [-0.4, -0.2) is 26.3 Å². The molecule has 0 fully saturated rings. The van der Waals surface area contributed by atoms with Gasteiger partial charge >= 0.3 is 0 Å². The average Bonchev–Trinajstić information content (AvgIpc) is 2.76. The largest absolute Gasteiger partial charge is 0.369 e. The van der Waals surface area contributed by atoms with E-state index >= 15 is 0 Å². The zero-order valence-corrected chi connectivity index (χ0v) is 11.9. The van der Waals surface area contributed by atoms with E-state index < -0.39 is 0 Å². The Hall–Kier alpha value is -1.63. The van der Waals surface area contributed by atoms with E-state index in [0.717, 1.165) is 34.8 Å². The van der Waals surface area contributed by atoms with E-state index in [0.29, 0.717) is 0 Å². The molecule has 0 saturated carbocycles. The predicted molar refractivity (Wildman–Crippen MR) is 75.0 cm³/mol. The molecule has 0 aromatic carbocycles. The van der Waals surface area contributed by atoms with Crippen LogP contribution in [0.2, 0.25) is 0 Å². The Morgan fingerprint density at radius 2 is 2.11 bits per heavy atom. The molecule has 0 amide bonds. The van der Waals surface area contributed by atoms with Crippen molar-refractivity contribution in [3.8, 4) is 0 Å². The van der Waals surface area contributed by atoms with E-state index in [-0.39, 0.29) is 0 Å². The van der Waals surface area contributed by atoms with Crippen LogP contribution >= 0.6 is 15.9 Å². The molecular formula is C11H15BrN6. The third-order valence-corrected chi connectivity index (χ3v) is 3.05. The minimum Gasteiger partial charge on any atom is -0.369 e. The van der Waals surface area contributed by atoms with Crippen LogP contribution in [0.4, 0.5) is 17.3 Å². The number of anilines is 3. The van der Waals surface area contributed by atoms with Gasteiger partial charge in [-0.1, -0.05) is 6.92 Å². The van der Waals surface area contributed by atoms with E-state index in [1.165, 1.54) is 6.33 Å². The monoisotopic (exact) mass is 310 g/mol. The molecule has 0 spiro atoms. The van der Waals surface area contributed by atoms with Crippen LogP contribution < -0.4 is 10.6 Å². The van der Waals surface area contributed by atoms with Gasteiger partial charge in [-0.3, -0.25) is 4.68 Å². The molecule has 0 bridgehead atoms. The van der Waals surface area contributed by atoms with Gasteiger partial charge in [-0.05, 0) is 22.4 Å². The summed E-state index contributed by atoms with van der Waals surface area (Å²) in [5, 5.41) is 10.5. The molecule has 6 nitrogen and oxygen atoms in total. The standard InChI is InChI=1S/C11H15BrN6/c1-3-4-13-10-9(12)11(15-7-14-10)17-8-5-16-18(2)6-8/h5-7H,3-4H2,1-2H3,(H2,13,14,15,17). The maximum absolute atomic E-state index is 4.21. The molecule has 0 atom stereocenters. The molecule has 2 rings (SSSR count). The van der Waals surface area contributed by atoms with Crippen LogP contribution in [0, 0.1) is 0 Å². The second kappa shape index (κ2) is 5.81. The third-order valence-electron chi connectivity index (χ3n) is 2.30. The molecule has 0 saturated heterocycles. The van der Waals surface area contributed by atoms with Crippen molar-refractivity contribution in [3.63, 3.8) is 0 Å². The maximum atomic E-state index is 4.21. The van der Waals surface area contributed by atoms with Crippen molar-refractivity contribution >= 4 is 33.3 Å². The number of rotatable bonds is 5. The van der Waals surface area contributed by atoms with Crippen molar-refractivity contribution in [1.29, 1.82) is 0 Å². The lowest BCUT2D eigenvalue weighted by Gasteiger charge is -2.09. The Morgan fingerprint density at radius 1 is 1.33 bits per heavy atom. The highest BCUT2D eigenvalue weighted by Gasteiger charge is 2.08. The van der Waals surface area contributed by atoms with Gasteiger partial charge < -0.3 is 10.6 Å². The Balaban J connectivity index is 2.17. The normalized spacial score (nSPS) is 10.4. The Labute approximate surface area is 114 Å². The van der Waals surface area contributed by atoms with Gasteiger partial charge in [0.15, 0.2) is 0 Å². The van der Waals surface area contributed by atoms with Crippen LogP contribution in [0.15, 0.2) is 23.2 Å². The number of nitrogens with one attached hydrogen (secondary N) is 2. The van der Waals surface area contributed by atoms with Gasteiger partial charge in [-0.25, -0.2) is 9.97 Å². The maximum Gasteiger partial charge on any atom is 0.150 e. The summed E-state index contributed by atoms with van der Waals surface area (Å²) in [7, 11) is 1.87. The minimum atomic E-state index is 0.719. The lowest BCUT2D eigenvalue weighted by atomic mass is 10.4. The van der Waals surface area contributed by atoms with Gasteiger partial charge in [0.25, 0.3) is 0 Å². The van der Waals surface area contributed by atoms with E-state index in [9.17, 15) is 0 Å². The first-order valence-corrected chi connectivity index (χ1v) is 6.50. The van der Waals surface area contributed by atoms with E-state index in [1.54, 1.807) is 10.9 Å². The molecule has 0 aliphatic heterocycles. The molecule has 2 heterocycles. The van der Waals surface area contributed by atoms with Crippen molar-refractivity contribution < 1.29 is 0 Å². The minimum absolute atomic E-state index is 0.719. The fraction of sp³-hybridized carbons (Fsp3) is 0.364. The number of hydrogen-bond donors (Lipinski definition) is 2. The van der Waals surface area contributed by atoms with Gasteiger partial charge in [-0.2, -0.15) is 5.10 Å². The first kappa shape index (κ1) is 12.8. The van der Waals surface area contributed by atoms with E-state index in [2.05, 4.69) is 48.6 Å². The SMILES string of the molecule is CCCNc1ncnc(Nc2cnn(C)c2)c1Br. The number of aromatic nitrogens is 4. The van der Waals surface area contributed by atoms with E-state index in [4.69, 9.17) is 0 Å². The molecule has 18 heavy (non-hydrogen) atoms. The van der Waals surface area contributed by atoms with Crippen LogP contribution in [-0.2, 0) is 7.05 Å². The number of aryl methyl sites for hydroxylation is 1. The zero-order chi connectivity index (χ0) is 13.0. The smallest absolute Gasteiger partial charge is 0.150 e. The van der Waals surface area contributed by atoms with Gasteiger partial charge in [-0.15, -0.1) is 0 Å². The van der Waals surface area contributed by atoms with Crippen molar-refractivity contribution in [1.82, 2.24) is 19.7 Å². The Kier molecular flexibility index (Phi) is 4.14. The van der Waals surface area contributed by atoms with Gasteiger partial charge in [0.2, 0.25) is 0 Å². The summed E-state index contributed by atoms with van der Waals surface area (Å²) in [5.74, 6) is 1.51. The van der Waals surface area contributed by atoms with Crippen molar-refractivity contribution in [3.05, 3.63) is 23.2 Å². The molecule has 7 heteroatoms. The molecule has 2 N–H and O–H groups in total. The van der Waals surface area contributed by atoms with Crippen LogP contribution in [0.5, 0.6) is 0 Å². The third kappa shape index (κ3) is 2.98. The molecule has 96 valence electrons. The number of nitrogens with zero attached hydrogens (tertiary/aromatic N) is 4. The Morgan fingerprint density at radius 3 is 2.78 bits per heavy atom. The highest BCUT2D eigenvalue weighted by molar-refractivity contribution is 9.10. The second-order valence-electron chi connectivity index (χ2n) is 3.84. The van der Waals surface area contributed by atoms with E-state index in [1.807, 2.05) is 13.2 Å². The lowest BCUT2D eigenvalue weighted by molar-refractivity contribution is 0.768. The molecule has 2 aromatic heterocycles. The quantitative estimate of drug-likeness (QED) is 0.888. The van der Waals surface area contributed by atoms with Gasteiger partial charge in [0, 0.05) is 19.8 Å². The van der Waals surface area contributed by atoms with Gasteiger partial charge in [0.05, 0.1) is 11.9 Å². The Bertz CT molecular complexity index is 524. The summed E-state index contributed by atoms with van der Waals surface area (Å²) in [6, 6.07) is 0. The van der Waals surface area contributed by atoms with Crippen molar-refractivity contribution in [2.75, 3.05) is 17.2 Å². The summed E-state index contributed by atoms with van der Waals surface area (Å²) in [6.45, 7) is 2.98. The van der Waals surface area contributed by atoms with Crippen molar-refractivity contribution in [2.45, 2.75) is 13.3 Å². The fourth-order valence-corrected chi connectivity index (χ4v) is 1.89. The molecule has 0 aliphatic carbocycles. The second-order valence-corrected chi connectivity index (χ2v) is 4.63. The zero-order valence-electron chi connectivity index (χ0n) is 10.3. The van der Waals surface area contributed by atoms with Crippen LogP contribution in [0.1, 0.15) is 13.3 Å². The summed E-state index contributed by atoms with van der Waals surface area (Å²) in [4.78, 5) is 8.40. The highest BCUT2D eigenvalue weighted by Crippen LogP contribution is 2.28. The number of halogens is 1. The summed E-state index contributed by atoms with van der Waals surface area (Å²) < 4.78 is 2.55. The first-order chi connectivity index (χ1) is 8.70. The summed E-state index contributed by atoms with van der Waals surface area (Å²) in [5.41, 5.74) is 0.887. The highest BCUT2D eigenvalue weighted by atomic mass is 79.9. The van der Waals surface area contributed by atoms with Crippen LogP contribution in [0.25, 0.3) is 0 Å². The average molecular weight is 311 g/mol. The predicted octanol–water partition coefficient (Wildman–Crippen LogP) is 2.54. The molecule has 0 aliphatic rings. The fourth-order valence-electron chi connectivity index (χ4n) is 1.45. The van der Waals surface area contributed by atoms with Crippen LogP contribution in [0.3, 0.4) is 0 Å². The summed E-state index contributed by atoms with van der Waals surface area (Å²) >= 11 is 3.50.